The molecule has 2 rings (SSSR count). The minimum atomic E-state index is 0.373. The molecular weight excluding hydrogens is 290 g/mol. The number of nitrogens with zero attached hydrogens (tertiary/aromatic N) is 1. The molecule has 0 amide bonds. The first-order valence-corrected chi connectivity index (χ1v) is 7.57. The number of pyridine rings is 1. The second kappa shape index (κ2) is 6.64. The van der Waals surface area contributed by atoms with E-state index in [4.69, 9.17) is 5.84 Å². The third-order valence-corrected chi connectivity index (χ3v) is 4.59. The summed E-state index contributed by atoms with van der Waals surface area (Å²) in [7, 11) is 0. The molecule has 1 aliphatic rings. The monoisotopic (exact) mass is 311 g/mol. The van der Waals surface area contributed by atoms with Crippen LogP contribution >= 0.6 is 15.9 Å². The first-order chi connectivity index (χ1) is 8.72. The lowest BCUT2D eigenvalue weighted by Crippen LogP contribution is -2.41. The van der Waals surface area contributed by atoms with Crippen molar-refractivity contribution in [3.05, 3.63) is 28.5 Å². The molecule has 1 aliphatic carbocycles. The van der Waals surface area contributed by atoms with E-state index < -0.39 is 0 Å². The lowest BCUT2D eigenvalue weighted by atomic mass is 9.92. The van der Waals surface area contributed by atoms with Crippen LogP contribution in [0.3, 0.4) is 0 Å². The van der Waals surface area contributed by atoms with Crippen LogP contribution in [-0.4, -0.2) is 11.0 Å². The molecule has 1 heterocycles. The summed E-state index contributed by atoms with van der Waals surface area (Å²) in [4.78, 5) is 4.21. The summed E-state index contributed by atoms with van der Waals surface area (Å²) in [6.07, 6.45) is 9.98. The second-order valence-electron chi connectivity index (χ2n) is 5.34. The van der Waals surface area contributed by atoms with Gasteiger partial charge in [0.05, 0.1) is 0 Å². The Hall–Kier alpha value is -0.450. The van der Waals surface area contributed by atoms with Crippen LogP contribution in [0.25, 0.3) is 0 Å². The minimum absolute atomic E-state index is 0.373. The fraction of sp³-hybridized carbons (Fsp3) is 0.643. The van der Waals surface area contributed by atoms with E-state index >= 15 is 0 Å². The standard InChI is InChI=1S/C14H22BrN3/c1-2-10-3-4-12(5-10)14(18-16)7-11-6-13(15)9-17-8-11/h6,8-10,12,14,18H,2-5,7,16H2,1H3. The molecule has 1 aromatic rings. The molecule has 3 nitrogen and oxygen atoms in total. The normalized spacial score (nSPS) is 25.3. The molecule has 0 spiro atoms. The molecule has 0 aromatic carbocycles. The number of rotatable bonds is 5. The first-order valence-electron chi connectivity index (χ1n) is 6.78. The third kappa shape index (κ3) is 3.53. The van der Waals surface area contributed by atoms with Crippen LogP contribution in [0.2, 0.25) is 0 Å². The average molecular weight is 312 g/mol. The van der Waals surface area contributed by atoms with E-state index in [1.807, 2.05) is 12.4 Å². The van der Waals surface area contributed by atoms with Crippen molar-refractivity contribution in [3.8, 4) is 0 Å². The zero-order valence-corrected chi connectivity index (χ0v) is 12.5. The summed E-state index contributed by atoms with van der Waals surface area (Å²) in [5.41, 5.74) is 4.26. The van der Waals surface area contributed by atoms with Gasteiger partial charge in [-0.25, -0.2) is 0 Å². The molecule has 0 radical (unpaired) electrons. The quantitative estimate of drug-likeness (QED) is 0.649. The van der Waals surface area contributed by atoms with Crippen LogP contribution in [0, 0.1) is 11.8 Å². The molecule has 1 fully saturated rings. The van der Waals surface area contributed by atoms with Gasteiger partial charge in [-0.15, -0.1) is 0 Å². The Morgan fingerprint density at radius 1 is 1.50 bits per heavy atom. The van der Waals surface area contributed by atoms with E-state index in [0.29, 0.717) is 12.0 Å². The Labute approximate surface area is 118 Å². The van der Waals surface area contributed by atoms with Gasteiger partial charge in [0, 0.05) is 22.9 Å². The summed E-state index contributed by atoms with van der Waals surface area (Å²) in [5, 5.41) is 0. The van der Waals surface area contributed by atoms with Crippen molar-refractivity contribution in [1.82, 2.24) is 10.4 Å². The van der Waals surface area contributed by atoms with Gasteiger partial charge in [0.2, 0.25) is 0 Å². The van der Waals surface area contributed by atoms with Gasteiger partial charge in [-0.2, -0.15) is 0 Å². The Morgan fingerprint density at radius 3 is 2.94 bits per heavy atom. The number of hydrogen-bond donors (Lipinski definition) is 2. The fourth-order valence-corrected chi connectivity index (χ4v) is 3.45. The Balaban J connectivity index is 1.97. The van der Waals surface area contributed by atoms with Crippen molar-refractivity contribution in [3.63, 3.8) is 0 Å². The molecule has 3 atom stereocenters. The summed E-state index contributed by atoms with van der Waals surface area (Å²) in [5.74, 6) is 7.35. The predicted octanol–water partition coefficient (Wildman–Crippen LogP) is 3.04. The van der Waals surface area contributed by atoms with E-state index in [1.165, 1.54) is 31.2 Å². The van der Waals surface area contributed by atoms with Gasteiger partial charge in [0.25, 0.3) is 0 Å². The molecule has 3 N–H and O–H groups in total. The predicted molar refractivity (Wildman–Crippen MR) is 77.9 cm³/mol. The molecule has 0 saturated heterocycles. The minimum Gasteiger partial charge on any atom is -0.271 e. The average Bonchev–Trinajstić information content (AvgIpc) is 2.84. The first kappa shape index (κ1) is 14.0. The SMILES string of the molecule is CCC1CCC(C(Cc2cncc(Br)c2)NN)C1. The van der Waals surface area contributed by atoms with Gasteiger partial charge in [0.1, 0.15) is 0 Å². The zero-order chi connectivity index (χ0) is 13.0. The van der Waals surface area contributed by atoms with Crippen molar-refractivity contribution < 1.29 is 0 Å². The van der Waals surface area contributed by atoms with E-state index in [9.17, 15) is 0 Å². The van der Waals surface area contributed by atoms with Gasteiger partial charge in [0.15, 0.2) is 0 Å². The highest BCUT2D eigenvalue weighted by Gasteiger charge is 2.29. The van der Waals surface area contributed by atoms with Crippen molar-refractivity contribution in [1.29, 1.82) is 0 Å². The van der Waals surface area contributed by atoms with Crippen LogP contribution < -0.4 is 11.3 Å². The maximum atomic E-state index is 5.74. The molecule has 0 bridgehead atoms. The Morgan fingerprint density at radius 2 is 2.33 bits per heavy atom. The van der Waals surface area contributed by atoms with Gasteiger partial charge in [-0.05, 0) is 58.7 Å². The van der Waals surface area contributed by atoms with Gasteiger partial charge < -0.3 is 0 Å². The number of aromatic nitrogens is 1. The van der Waals surface area contributed by atoms with Crippen molar-refractivity contribution in [2.75, 3.05) is 0 Å². The van der Waals surface area contributed by atoms with Crippen LogP contribution in [0.5, 0.6) is 0 Å². The molecule has 0 aliphatic heterocycles. The zero-order valence-electron chi connectivity index (χ0n) is 10.9. The summed E-state index contributed by atoms with van der Waals surface area (Å²) >= 11 is 3.46. The topological polar surface area (TPSA) is 50.9 Å². The molecule has 1 saturated carbocycles. The Bertz CT molecular complexity index is 383. The molecule has 100 valence electrons. The van der Waals surface area contributed by atoms with Gasteiger partial charge in [-0.3, -0.25) is 16.3 Å². The van der Waals surface area contributed by atoms with Crippen molar-refractivity contribution in [2.45, 2.75) is 45.1 Å². The maximum Gasteiger partial charge on any atom is 0.0410 e. The van der Waals surface area contributed by atoms with E-state index in [0.717, 1.165) is 16.8 Å². The summed E-state index contributed by atoms with van der Waals surface area (Å²) in [6, 6.07) is 2.50. The maximum absolute atomic E-state index is 5.74. The van der Waals surface area contributed by atoms with E-state index in [1.54, 1.807) is 0 Å². The van der Waals surface area contributed by atoms with Gasteiger partial charge >= 0.3 is 0 Å². The molecule has 3 unspecified atom stereocenters. The number of nitrogens with two attached hydrogens (primary N) is 1. The van der Waals surface area contributed by atoms with Crippen LogP contribution in [0.1, 0.15) is 38.2 Å². The molecule has 18 heavy (non-hydrogen) atoms. The second-order valence-corrected chi connectivity index (χ2v) is 6.25. The number of hydrazine groups is 1. The highest BCUT2D eigenvalue weighted by atomic mass is 79.9. The highest BCUT2D eigenvalue weighted by Crippen LogP contribution is 2.35. The fourth-order valence-electron chi connectivity index (χ4n) is 3.03. The molecule has 4 heteroatoms. The Kier molecular flexibility index (Phi) is 5.15. The van der Waals surface area contributed by atoms with Crippen LogP contribution in [-0.2, 0) is 6.42 Å². The van der Waals surface area contributed by atoms with Gasteiger partial charge in [-0.1, -0.05) is 19.8 Å². The third-order valence-electron chi connectivity index (χ3n) is 4.16. The van der Waals surface area contributed by atoms with E-state index in [-0.39, 0.29) is 0 Å². The smallest absolute Gasteiger partial charge is 0.0410 e. The summed E-state index contributed by atoms with van der Waals surface area (Å²) < 4.78 is 1.04. The summed E-state index contributed by atoms with van der Waals surface area (Å²) in [6.45, 7) is 2.29. The largest absolute Gasteiger partial charge is 0.271 e. The van der Waals surface area contributed by atoms with E-state index in [2.05, 4.69) is 39.3 Å². The lowest BCUT2D eigenvalue weighted by Gasteiger charge is -2.23. The number of nitrogens with one attached hydrogen (secondary N) is 1. The number of hydrogen-bond acceptors (Lipinski definition) is 3. The molecular formula is C14H22BrN3. The van der Waals surface area contributed by atoms with Crippen molar-refractivity contribution >= 4 is 15.9 Å². The highest BCUT2D eigenvalue weighted by molar-refractivity contribution is 9.10. The van der Waals surface area contributed by atoms with Crippen LogP contribution in [0.4, 0.5) is 0 Å². The lowest BCUT2D eigenvalue weighted by molar-refractivity contribution is 0.347. The molecule has 1 aromatic heterocycles. The van der Waals surface area contributed by atoms with Crippen LogP contribution in [0.15, 0.2) is 22.9 Å². The van der Waals surface area contributed by atoms with Crippen molar-refractivity contribution in [2.24, 2.45) is 17.7 Å². The number of halogens is 1.